The molecular formula is C14H20N2O2. The van der Waals surface area contributed by atoms with E-state index in [2.05, 4.69) is 11.9 Å². The molecule has 18 heavy (non-hydrogen) atoms. The number of nitrogens with one attached hydrogen (secondary N) is 1. The van der Waals surface area contributed by atoms with Gasteiger partial charge in [-0.25, -0.2) is 0 Å². The van der Waals surface area contributed by atoms with Gasteiger partial charge in [0.1, 0.15) is 0 Å². The number of pyridine rings is 1. The zero-order valence-electron chi connectivity index (χ0n) is 10.8. The molecule has 0 spiro atoms. The molecule has 0 aromatic carbocycles. The maximum absolute atomic E-state index is 12.2. The van der Waals surface area contributed by atoms with Crippen LogP contribution in [0.25, 0.3) is 0 Å². The summed E-state index contributed by atoms with van der Waals surface area (Å²) in [6.07, 6.45) is 6.17. The highest BCUT2D eigenvalue weighted by Gasteiger charge is 2.23. The summed E-state index contributed by atoms with van der Waals surface area (Å²) in [4.78, 5) is 27.8. The van der Waals surface area contributed by atoms with Crippen LogP contribution in [0.3, 0.4) is 0 Å². The van der Waals surface area contributed by atoms with Gasteiger partial charge in [0.05, 0.1) is 0 Å². The van der Waals surface area contributed by atoms with E-state index in [1.165, 1.54) is 25.1 Å². The largest absolute Gasteiger partial charge is 0.339 e. The molecule has 2 rings (SSSR count). The molecule has 0 aliphatic carbocycles. The van der Waals surface area contributed by atoms with Gasteiger partial charge in [0.25, 0.3) is 5.91 Å². The summed E-state index contributed by atoms with van der Waals surface area (Å²) < 4.78 is 0. The fraction of sp³-hybridized carbons (Fsp3) is 0.571. The second-order valence-electron chi connectivity index (χ2n) is 4.97. The Morgan fingerprint density at radius 2 is 2.17 bits per heavy atom. The van der Waals surface area contributed by atoms with Crippen molar-refractivity contribution in [1.82, 2.24) is 9.88 Å². The third-order valence-corrected chi connectivity index (χ3v) is 3.62. The fourth-order valence-electron chi connectivity index (χ4n) is 2.59. The molecule has 0 radical (unpaired) electrons. The van der Waals surface area contributed by atoms with Crippen molar-refractivity contribution in [2.75, 3.05) is 13.1 Å². The van der Waals surface area contributed by atoms with Crippen LogP contribution in [0.1, 0.15) is 43.0 Å². The minimum absolute atomic E-state index is 0.0175. The van der Waals surface area contributed by atoms with Crippen LogP contribution in [0.4, 0.5) is 0 Å². The molecular weight excluding hydrogens is 228 g/mol. The molecule has 1 aromatic heterocycles. The normalized spacial score (nSPS) is 16.8. The van der Waals surface area contributed by atoms with Crippen molar-refractivity contribution in [3.63, 3.8) is 0 Å². The smallest absolute Gasteiger partial charge is 0.254 e. The lowest BCUT2D eigenvalue weighted by Gasteiger charge is -2.31. The number of nitrogens with zero attached hydrogens (tertiary/aromatic N) is 1. The number of carbonyl (C=O) groups excluding carboxylic acids is 1. The SMILES string of the molecule is CCCC1CCN(C(=O)c2cc[nH]c(=O)c2)CC1. The molecule has 1 aromatic rings. The van der Waals surface area contributed by atoms with Crippen molar-refractivity contribution in [2.45, 2.75) is 32.6 Å². The number of likely N-dealkylation sites (tertiary alicyclic amines) is 1. The molecule has 0 bridgehead atoms. The van der Waals surface area contributed by atoms with E-state index in [0.717, 1.165) is 31.8 Å². The second-order valence-corrected chi connectivity index (χ2v) is 4.97. The highest BCUT2D eigenvalue weighted by Crippen LogP contribution is 2.22. The number of aromatic nitrogens is 1. The Labute approximate surface area is 107 Å². The summed E-state index contributed by atoms with van der Waals surface area (Å²) in [7, 11) is 0. The number of carbonyl (C=O) groups is 1. The summed E-state index contributed by atoms with van der Waals surface area (Å²) in [5.74, 6) is 0.745. The molecule has 1 saturated heterocycles. The minimum atomic E-state index is -0.221. The molecule has 1 fully saturated rings. The second kappa shape index (κ2) is 5.85. The van der Waals surface area contributed by atoms with Crippen LogP contribution in [-0.4, -0.2) is 28.9 Å². The third-order valence-electron chi connectivity index (χ3n) is 3.62. The summed E-state index contributed by atoms with van der Waals surface area (Å²) in [6, 6.07) is 3.04. The molecule has 1 amide bonds. The first-order valence-electron chi connectivity index (χ1n) is 6.68. The van der Waals surface area contributed by atoms with Crippen molar-refractivity contribution in [2.24, 2.45) is 5.92 Å². The molecule has 1 aliphatic rings. The zero-order chi connectivity index (χ0) is 13.0. The lowest BCUT2D eigenvalue weighted by Crippen LogP contribution is -2.38. The Hall–Kier alpha value is -1.58. The topological polar surface area (TPSA) is 53.2 Å². The lowest BCUT2D eigenvalue weighted by molar-refractivity contribution is 0.0686. The van der Waals surface area contributed by atoms with Crippen LogP contribution in [0.2, 0.25) is 0 Å². The van der Waals surface area contributed by atoms with Gasteiger partial charge < -0.3 is 9.88 Å². The highest BCUT2D eigenvalue weighted by molar-refractivity contribution is 5.94. The predicted molar refractivity (Wildman–Crippen MR) is 70.6 cm³/mol. The Bertz CT molecular complexity index is 459. The molecule has 1 N–H and O–H groups in total. The van der Waals surface area contributed by atoms with Crippen molar-refractivity contribution >= 4 is 5.91 Å². The Morgan fingerprint density at radius 1 is 1.44 bits per heavy atom. The van der Waals surface area contributed by atoms with E-state index < -0.39 is 0 Å². The summed E-state index contributed by atoms with van der Waals surface area (Å²) in [5, 5.41) is 0. The average Bonchev–Trinajstić information content (AvgIpc) is 2.39. The predicted octanol–water partition coefficient (Wildman–Crippen LogP) is 2.03. The molecule has 4 heteroatoms. The van der Waals surface area contributed by atoms with Crippen LogP contribution < -0.4 is 5.56 Å². The first-order chi connectivity index (χ1) is 8.70. The van der Waals surface area contributed by atoms with Gasteiger partial charge in [-0.2, -0.15) is 0 Å². The van der Waals surface area contributed by atoms with E-state index in [-0.39, 0.29) is 11.5 Å². The van der Waals surface area contributed by atoms with Crippen molar-refractivity contribution in [3.05, 3.63) is 34.2 Å². The summed E-state index contributed by atoms with van der Waals surface area (Å²) >= 11 is 0. The van der Waals surface area contributed by atoms with E-state index in [4.69, 9.17) is 0 Å². The maximum atomic E-state index is 12.2. The molecule has 0 unspecified atom stereocenters. The molecule has 4 nitrogen and oxygen atoms in total. The van der Waals surface area contributed by atoms with Crippen molar-refractivity contribution in [3.8, 4) is 0 Å². The van der Waals surface area contributed by atoms with Gasteiger partial charge in [-0.15, -0.1) is 0 Å². The minimum Gasteiger partial charge on any atom is -0.339 e. The third kappa shape index (κ3) is 3.00. The van der Waals surface area contributed by atoms with Gasteiger partial charge in [0.15, 0.2) is 0 Å². The number of hydrogen-bond acceptors (Lipinski definition) is 2. The Morgan fingerprint density at radius 3 is 2.78 bits per heavy atom. The Balaban J connectivity index is 1.97. The summed E-state index contributed by atoms with van der Waals surface area (Å²) in [6.45, 7) is 3.83. The fourth-order valence-corrected chi connectivity index (χ4v) is 2.59. The first-order valence-corrected chi connectivity index (χ1v) is 6.68. The van der Waals surface area contributed by atoms with E-state index >= 15 is 0 Å². The van der Waals surface area contributed by atoms with E-state index in [0.29, 0.717) is 5.56 Å². The molecule has 2 heterocycles. The lowest BCUT2D eigenvalue weighted by atomic mass is 9.92. The quantitative estimate of drug-likeness (QED) is 0.889. The van der Waals surface area contributed by atoms with Crippen molar-refractivity contribution < 1.29 is 4.79 Å². The number of H-pyrrole nitrogens is 1. The zero-order valence-corrected chi connectivity index (χ0v) is 10.8. The van der Waals surface area contributed by atoms with Crippen LogP contribution >= 0.6 is 0 Å². The highest BCUT2D eigenvalue weighted by atomic mass is 16.2. The van der Waals surface area contributed by atoms with Crippen LogP contribution in [0.15, 0.2) is 23.1 Å². The average molecular weight is 248 g/mol. The standard InChI is InChI=1S/C14H20N2O2/c1-2-3-11-5-8-16(9-6-11)14(18)12-4-7-15-13(17)10-12/h4,7,10-11H,2-3,5-6,8-9H2,1H3,(H,15,17). The van der Waals surface area contributed by atoms with E-state index in [1.54, 1.807) is 6.07 Å². The monoisotopic (exact) mass is 248 g/mol. The number of piperidine rings is 1. The van der Waals surface area contributed by atoms with Crippen LogP contribution in [0, 0.1) is 5.92 Å². The van der Waals surface area contributed by atoms with Crippen LogP contribution in [0.5, 0.6) is 0 Å². The molecule has 0 atom stereocenters. The number of rotatable bonds is 3. The summed E-state index contributed by atoms with van der Waals surface area (Å²) in [5.41, 5.74) is 0.273. The van der Waals surface area contributed by atoms with Gasteiger partial charge in [-0.3, -0.25) is 9.59 Å². The molecule has 1 aliphatic heterocycles. The molecule has 0 saturated carbocycles. The Kier molecular flexibility index (Phi) is 4.18. The molecule has 98 valence electrons. The van der Waals surface area contributed by atoms with Crippen molar-refractivity contribution in [1.29, 1.82) is 0 Å². The van der Waals surface area contributed by atoms with Gasteiger partial charge in [0.2, 0.25) is 5.56 Å². The maximum Gasteiger partial charge on any atom is 0.254 e. The first kappa shape index (κ1) is 12.9. The van der Waals surface area contributed by atoms with Gasteiger partial charge in [-0.1, -0.05) is 19.8 Å². The number of aromatic amines is 1. The van der Waals surface area contributed by atoms with E-state index in [9.17, 15) is 9.59 Å². The van der Waals surface area contributed by atoms with Gasteiger partial charge >= 0.3 is 0 Å². The van der Waals surface area contributed by atoms with Gasteiger partial charge in [-0.05, 0) is 24.8 Å². The van der Waals surface area contributed by atoms with Crippen LogP contribution in [-0.2, 0) is 0 Å². The van der Waals surface area contributed by atoms with E-state index in [1.807, 2.05) is 4.90 Å². The van der Waals surface area contributed by atoms with Gasteiger partial charge in [0, 0.05) is 30.9 Å². The number of amides is 1. The number of hydrogen-bond donors (Lipinski definition) is 1.